The highest BCUT2D eigenvalue weighted by Gasteiger charge is 2.48. The molecular formula is C42H82O12S. The Morgan fingerprint density at radius 3 is 1.44 bits per heavy atom. The van der Waals surface area contributed by atoms with Gasteiger partial charge in [0, 0.05) is 13.0 Å². The number of rotatable bonds is 39. The summed E-state index contributed by atoms with van der Waals surface area (Å²) in [6.07, 6.45) is 27.4. The maximum Gasteiger partial charge on any atom is 0.397 e. The number of aliphatic hydroxyl groups excluding tert-OH is 3. The van der Waals surface area contributed by atoms with Gasteiger partial charge in [-0.15, -0.1) is 0 Å². The van der Waals surface area contributed by atoms with Crippen LogP contribution in [0.25, 0.3) is 0 Å². The van der Waals surface area contributed by atoms with Crippen molar-refractivity contribution in [3.63, 3.8) is 0 Å². The van der Waals surface area contributed by atoms with Crippen molar-refractivity contribution in [3.8, 4) is 0 Å². The standard InChI is InChI=1S/C42H82O12S/c1-3-5-7-8-9-10-11-12-13-14-15-16-17-18-19-20-21-22-23-24-25-26-27-28-29-30-32-50-34-36(52-38(44)31-6-4-2)35-51-42-40(46)41(54-55(47,48)49)39(45)37(33-43)53-42/h36-37,39-43,45-46H,3-35H2,1-2H3,(H,47,48,49). The molecule has 1 fully saturated rings. The van der Waals surface area contributed by atoms with Gasteiger partial charge in [-0.3, -0.25) is 9.35 Å². The van der Waals surface area contributed by atoms with Crippen LogP contribution in [0.3, 0.4) is 0 Å². The summed E-state index contributed by atoms with van der Waals surface area (Å²) in [5.41, 5.74) is 0. The average Bonchev–Trinajstić information content (AvgIpc) is 3.15. The second kappa shape index (κ2) is 35.1. The molecule has 12 nitrogen and oxygen atoms in total. The predicted molar refractivity (Wildman–Crippen MR) is 216 cm³/mol. The molecule has 0 aromatic carbocycles. The molecule has 0 spiro atoms. The van der Waals surface area contributed by atoms with Gasteiger partial charge in [0.05, 0.1) is 19.8 Å². The first-order chi connectivity index (χ1) is 26.6. The minimum atomic E-state index is -5.04. The fraction of sp³-hybridized carbons (Fsp3) is 0.976. The fourth-order valence-electron chi connectivity index (χ4n) is 7.06. The van der Waals surface area contributed by atoms with Crippen LogP contribution >= 0.6 is 0 Å². The maximum atomic E-state index is 12.3. The number of hydrogen-bond acceptors (Lipinski definition) is 11. The second-order valence-electron chi connectivity index (χ2n) is 15.7. The molecule has 4 N–H and O–H groups in total. The summed E-state index contributed by atoms with van der Waals surface area (Å²) < 4.78 is 58.3. The lowest BCUT2D eigenvalue weighted by Gasteiger charge is -2.41. The number of carbonyl (C=O) groups is 1. The van der Waals surface area contributed by atoms with Crippen molar-refractivity contribution >= 4 is 16.4 Å². The molecular weight excluding hydrogens is 729 g/mol. The zero-order valence-electron chi connectivity index (χ0n) is 34.8. The number of hydrogen-bond donors (Lipinski definition) is 4. The van der Waals surface area contributed by atoms with Crippen LogP contribution in [-0.4, -0.2) is 97.5 Å². The maximum absolute atomic E-state index is 12.3. The normalized spacial score (nSPS) is 20.9. The molecule has 1 saturated heterocycles. The highest BCUT2D eigenvalue weighted by Crippen LogP contribution is 2.26. The predicted octanol–water partition coefficient (Wildman–Crippen LogP) is 8.91. The first kappa shape index (κ1) is 52.1. The van der Waals surface area contributed by atoms with Crippen LogP contribution in [0.2, 0.25) is 0 Å². The van der Waals surface area contributed by atoms with Crippen molar-refractivity contribution in [1.82, 2.24) is 0 Å². The molecule has 55 heavy (non-hydrogen) atoms. The minimum Gasteiger partial charge on any atom is -0.457 e. The highest BCUT2D eigenvalue weighted by atomic mass is 32.3. The third-order valence-electron chi connectivity index (χ3n) is 10.5. The first-order valence-electron chi connectivity index (χ1n) is 22.3. The van der Waals surface area contributed by atoms with Gasteiger partial charge in [-0.2, -0.15) is 8.42 Å². The van der Waals surface area contributed by atoms with Crippen LogP contribution in [0.1, 0.15) is 200 Å². The largest absolute Gasteiger partial charge is 0.457 e. The quantitative estimate of drug-likeness (QED) is 0.0264. The average molecular weight is 811 g/mol. The molecule has 1 aliphatic heterocycles. The summed E-state index contributed by atoms with van der Waals surface area (Å²) in [6, 6.07) is 0. The Morgan fingerprint density at radius 1 is 0.618 bits per heavy atom. The minimum absolute atomic E-state index is 0.0388. The van der Waals surface area contributed by atoms with Crippen LogP contribution in [-0.2, 0) is 38.3 Å². The van der Waals surface area contributed by atoms with Crippen LogP contribution in [0.4, 0.5) is 0 Å². The van der Waals surface area contributed by atoms with Gasteiger partial charge in [-0.1, -0.05) is 181 Å². The van der Waals surface area contributed by atoms with Crippen molar-refractivity contribution in [2.24, 2.45) is 0 Å². The summed E-state index contributed by atoms with van der Waals surface area (Å²) in [5, 5.41) is 30.3. The monoisotopic (exact) mass is 811 g/mol. The van der Waals surface area contributed by atoms with E-state index in [9.17, 15) is 28.5 Å². The molecule has 1 aliphatic rings. The van der Waals surface area contributed by atoms with E-state index < -0.39 is 59.8 Å². The molecule has 6 unspecified atom stereocenters. The Morgan fingerprint density at radius 2 is 1.04 bits per heavy atom. The number of ether oxygens (including phenoxy) is 4. The molecule has 0 aromatic rings. The molecule has 0 aliphatic carbocycles. The zero-order chi connectivity index (χ0) is 40.4. The summed E-state index contributed by atoms with van der Waals surface area (Å²) in [6.45, 7) is 3.75. The molecule has 0 radical (unpaired) electrons. The first-order valence-corrected chi connectivity index (χ1v) is 23.7. The Bertz CT molecular complexity index is 984. The SMILES string of the molecule is CCCCCCCCCCCCCCCCCCCCCCCCCCCCOCC(COC1OC(CO)C(O)C(OS(=O)(=O)O)C1O)OC(=O)CCCC. The molecule has 1 heterocycles. The van der Waals surface area contributed by atoms with Gasteiger partial charge in [0.25, 0.3) is 0 Å². The van der Waals surface area contributed by atoms with E-state index in [0.717, 1.165) is 25.7 Å². The Balaban J connectivity index is 2.08. The van der Waals surface area contributed by atoms with Crippen molar-refractivity contribution in [1.29, 1.82) is 0 Å². The summed E-state index contributed by atoms with van der Waals surface area (Å²) in [4.78, 5) is 12.3. The number of carbonyl (C=O) groups excluding carboxylic acids is 1. The van der Waals surface area contributed by atoms with E-state index in [2.05, 4.69) is 11.1 Å². The van der Waals surface area contributed by atoms with Crippen molar-refractivity contribution in [2.75, 3.05) is 26.4 Å². The van der Waals surface area contributed by atoms with Crippen LogP contribution in [0.15, 0.2) is 0 Å². The Labute approximate surface area is 335 Å². The van der Waals surface area contributed by atoms with E-state index in [-0.39, 0.29) is 19.6 Å². The number of aliphatic hydroxyl groups is 3. The molecule has 0 bridgehead atoms. The van der Waals surface area contributed by atoms with Crippen LogP contribution < -0.4 is 0 Å². The Hall–Kier alpha value is -0.900. The molecule has 6 atom stereocenters. The van der Waals surface area contributed by atoms with E-state index >= 15 is 0 Å². The Kier molecular flexibility index (Phi) is 33.2. The van der Waals surface area contributed by atoms with Crippen LogP contribution in [0, 0.1) is 0 Å². The van der Waals surface area contributed by atoms with E-state index in [1.165, 1.54) is 148 Å². The topological polar surface area (TPSA) is 178 Å². The lowest BCUT2D eigenvalue weighted by atomic mass is 9.99. The van der Waals surface area contributed by atoms with Gasteiger partial charge in [0.15, 0.2) is 6.29 Å². The van der Waals surface area contributed by atoms with Crippen molar-refractivity contribution < 1.29 is 56.2 Å². The summed E-state index contributed by atoms with van der Waals surface area (Å²) in [5.74, 6) is -0.430. The van der Waals surface area contributed by atoms with E-state index in [4.69, 9.17) is 23.5 Å². The number of unbranched alkanes of at least 4 members (excludes halogenated alkanes) is 26. The smallest absolute Gasteiger partial charge is 0.397 e. The van der Waals surface area contributed by atoms with Gasteiger partial charge < -0.3 is 34.3 Å². The van der Waals surface area contributed by atoms with Crippen LogP contribution in [0.5, 0.6) is 0 Å². The summed E-state index contributed by atoms with van der Waals surface area (Å²) >= 11 is 0. The van der Waals surface area contributed by atoms with E-state index in [1.807, 2.05) is 6.92 Å². The fourth-order valence-corrected chi connectivity index (χ4v) is 7.57. The summed E-state index contributed by atoms with van der Waals surface area (Å²) in [7, 11) is -5.04. The van der Waals surface area contributed by atoms with Gasteiger partial charge in [0.2, 0.25) is 0 Å². The number of esters is 1. The second-order valence-corrected chi connectivity index (χ2v) is 16.7. The third-order valence-corrected chi connectivity index (χ3v) is 10.9. The molecule has 0 aromatic heterocycles. The van der Waals surface area contributed by atoms with Crippen molar-refractivity contribution in [3.05, 3.63) is 0 Å². The lowest BCUT2D eigenvalue weighted by molar-refractivity contribution is -0.301. The molecule has 0 amide bonds. The van der Waals surface area contributed by atoms with E-state index in [0.29, 0.717) is 13.0 Å². The molecule has 1 rings (SSSR count). The van der Waals surface area contributed by atoms with E-state index in [1.54, 1.807) is 0 Å². The van der Waals surface area contributed by atoms with Gasteiger partial charge in [-0.05, 0) is 12.8 Å². The molecule has 0 saturated carbocycles. The third kappa shape index (κ3) is 29.0. The molecule has 328 valence electrons. The highest BCUT2D eigenvalue weighted by molar-refractivity contribution is 7.80. The van der Waals surface area contributed by atoms with Gasteiger partial charge >= 0.3 is 16.4 Å². The van der Waals surface area contributed by atoms with Gasteiger partial charge in [0.1, 0.15) is 30.5 Å². The zero-order valence-corrected chi connectivity index (χ0v) is 35.6. The lowest BCUT2D eigenvalue weighted by Crippen LogP contribution is -2.60. The molecule has 13 heteroatoms. The van der Waals surface area contributed by atoms with Crippen molar-refractivity contribution in [2.45, 2.75) is 237 Å². The van der Waals surface area contributed by atoms with Gasteiger partial charge in [-0.25, -0.2) is 4.18 Å².